The minimum absolute atomic E-state index is 0.0914. The van der Waals surface area contributed by atoms with Gasteiger partial charge in [-0.3, -0.25) is 0 Å². The van der Waals surface area contributed by atoms with Gasteiger partial charge in [-0.15, -0.1) is 0 Å². The molecule has 1 atom stereocenters. The average Bonchev–Trinajstić information content (AvgIpc) is 2.48. The van der Waals surface area contributed by atoms with Crippen molar-refractivity contribution < 1.29 is 18.5 Å². The van der Waals surface area contributed by atoms with Crippen LogP contribution in [0.2, 0.25) is 5.82 Å². The van der Waals surface area contributed by atoms with Gasteiger partial charge in [0.05, 0.1) is 11.5 Å². The molecule has 2 aromatic rings. The molecule has 2 N–H and O–H groups in total. The third-order valence-electron chi connectivity index (χ3n) is 3.46. The maximum atomic E-state index is 12.3. The van der Waals surface area contributed by atoms with E-state index in [0.717, 1.165) is 5.56 Å². The average molecular weight is 318 g/mol. The van der Waals surface area contributed by atoms with Gasteiger partial charge in [0.15, 0.2) is 9.84 Å². The lowest BCUT2D eigenvalue weighted by Gasteiger charge is -2.16. The van der Waals surface area contributed by atoms with E-state index in [0.29, 0.717) is 12.0 Å². The molecule has 0 aromatic heterocycles. The minimum atomic E-state index is -3.42. The highest BCUT2D eigenvalue weighted by Crippen LogP contribution is 2.20. The Morgan fingerprint density at radius 2 is 1.36 bits per heavy atom. The van der Waals surface area contributed by atoms with Crippen LogP contribution in [0.15, 0.2) is 60.7 Å². The van der Waals surface area contributed by atoms with Gasteiger partial charge >= 0.3 is 7.12 Å². The number of rotatable bonds is 7. The molecule has 0 saturated heterocycles. The van der Waals surface area contributed by atoms with E-state index in [1.807, 2.05) is 36.4 Å². The zero-order valence-corrected chi connectivity index (χ0v) is 13.0. The Balaban J connectivity index is 2.07. The van der Waals surface area contributed by atoms with Crippen molar-refractivity contribution in [2.45, 2.75) is 18.0 Å². The van der Waals surface area contributed by atoms with Gasteiger partial charge < -0.3 is 10.0 Å². The lowest BCUT2D eigenvalue weighted by Crippen LogP contribution is -2.29. The first-order valence-corrected chi connectivity index (χ1v) is 8.93. The van der Waals surface area contributed by atoms with Crippen LogP contribution in [-0.2, 0) is 22.0 Å². The van der Waals surface area contributed by atoms with Gasteiger partial charge in [0.25, 0.3) is 0 Å². The van der Waals surface area contributed by atoms with Gasteiger partial charge in [-0.2, -0.15) is 0 Å². The van der Waals surface area contributed by atoms with Gasteiger partial charge in [0, 0.05) is 5.82 Å². The van der Waals surface area contributed by atoms with Crippen LogP contribution >= 0.6 is 0 Å². The van der Waals surface area contributed by atoms with Crippen molar-refractivity contribution in [3.8, 4) is 0 Å². The van der Waals surface area contributed by atoms with Gasteiger partial charge in [-0.1, -0.05) is 60.7 Å². The zero-order valence-electron chi connectivity index (χ0n) is 12.2. The fourth-order valence-electron chi connectivity index (χ4n) is 2.38. The summed E-state index contributed by atoms with van der Waals surface area (Å²) in [6.45, 7) is 0. The summed E-state index contributed by atoms with van der Waals surface area (Å²) in [5, 5.41) is 19.0. The van der Waals surface area contributed by atoms with Crippen LogP contribution in [0.4, 0.5) is 0 Å². The van der Waals surface area contributed by atoms with E-state index in [4.69, 9.17) is 0 Å². The molecule has 0 aliphatic carbocycles. The SMILES string of the molecule is O=S(=O)(Cc1ccccc1)C[C@@H](Cc1ccccc1)B(O)O. The van der Waals surface area contributed by atoms with E-state index in [-0.39, 0.29) is 11.5 Å². The van der Waals surface area contributed by atoms with Crippen molar-refractivity contribution in [2.75, 3.05) is 5.75 Å². The second kappa shape index (κ2) is 7.58. The van der Waals surface area contributed by atoms with Gasteiger partial charge in [-0.25, -0.2) is 8.42 Å². The van der Waals surface area contributed by atoms with Gasteiger partial charge in [0.1, 0.15) is 0 Å². The first kappa shape index (κ1) is 16.7. The zero-order chi connectivity index (χ0) is 16.0. The van der Waals surface area contributed by atoms with Crippen LogP contribution in [0.25, 0.3) is 0 Å². The summed E-state index contributed by atoms with van der Waals surface area (Å²) < 4.78 is 24.6. The molecule has 0 saturated carbocycles. The Hall–Kier alpha value is -1.63. The van der Waals surface area contributed by atoms with Crippen LogP contribution in [0, 0.1) is 0 Å². The summed E-state index contributed by atoms with van der Waals surface area (Å²) >= 11 is 0. The molecule has 4 nitrogen and oxygen atoms in total. The molecule has 0 heterocycles. The van der Waals surface area contributed by atoms with Crippen molar-refractivity contribution in [1.82, 2.24) is 0 Å². The van der Waals surface area contributed by atoms with Crippen LogP contribution in [0.3, 0.4) is 0 Å². The largest absolute Gasteiger partial charge is 0.456 e. The molecular formula is C16H19BO4S. The highest BCUT2D eigenvalue weighted by Gasteiger charge is 2.29. The summed E-state index contributed by atoms with van der Waals surface area (Å²) in [4.78, 5) is 0. The predicted octanol–water partition coefficient (Wildman–Crippen LogP) is 1.69. The Bertz CT molecular complexity index is 672. The normalized spacial score (nSPS) is 12.8. The second-order valence-electron chi connectivity index (χ2n) is 5.40. The molecule has 6 heteroatoms. The molecule has 0 bridgehead atoms. The van der Waals surface area contributed by atoms with Crippen LogP contribution < -0.4 is 0 Å². The van der Waals surface area contributed by atoms with E-state index in [2.05, 4.69) is 0 Å². The topological polar surface area (TPSA) is 74.6 Å². The van der Waals surface area contributed by atoms with Gasteiger partial charge in [0.2, 0.25) is 0 Å². The van der Waals surface area contributed by atoms with Crippen molar-refractivity contribution in [2.24, 2.45) is 0 Å². The van der Waals surface area contributed by atoms with E-state index < -0.39 is 22.8 Å². The number of hydrogen-bond donors (Lipinski definition) is 2. The first-order valence-electron chi connectivity index (χ1n) is 7.11. The van der Waals surface area contributed by atoms with E-state index in [1.165, 1.54) is 0 Å². The standard InChI is InChI=1S/C16H19BO4S/c18-17(19)16(11-14-7-3-1-4-8-14)13-22(20,21)12-15-9-5-2-6-10-15/h1-10,16,18-19H,11-13H2/t16-/m1/s1. The molecule has 2 aromatic carbocycles. The molecule has 0 radical (unpaired) electrons. The fourth-order valence-corrected chi connectivity index (χ4v) is 4.14. The highest BCUT2D eigenvalue weighted by atomic mass is 32.2. The summed E-state index contributed by atoms with van der Waals surface area (Å²) in [5.74, 6) is -1.09. The Morgan fingerprint density at radius 3 is 1.86 bits per heavy atom. The lowest BCUT2D eigenvalue weighted by molar-refractivity contribution is 0.387. The molecule has 22 heavy (non-hydrogen) atoms. The quantitative estimate of drug-likeness (QED) is 0.762. The maximum Gasteiger partial charge on any atom is 0.456 e. The summed E-state index contributed by atoms with van der Waals surface area (Å²) in [7, 11) is -5.08. The maximum absolute atomic E-state index is 12.3. The molecule has 116 valence electrons. The molecule has 0 unspecified atom stereocenters. The minimum Gasteiger partial charge on any atom is -0.427 e. The van der Waals surface area contributed by atoms with Crippen molar-refractivity contribution >= 4 is 17.0 Å². The van der Waals surface area contributed by atoms with Crippen molar-refractivity contribution in [3.05, 3.63) is 71.8 Å². The summed E-state index contributed by atoms with van der Waals surface area (Å²) in [6, 6.07) is 18.1. The van der Waals surface area contributed by atoms with Crippen LogP contribution in [0.5, 0.6) is 0 Å². The first-order chi connectivity index (χ1) is 10.5. The lowest BCUT2D eigenvalue weighted by atomic mass is 9.71. The Kier molecular flexibility index (Phi) is 5.77. The van der Waals surface area contributed by atoms with Crippen LogP contribution in [-0.4, -0.2) is 31.3 Å². The van der Waals surface area contributed by atoms with E-state index >= 15 is 0 Å². The Morgan fingerprint density at radius 1 is 0.864 bits per heavy atom. The monoisotopic (exact) mass is 318 g/mol. The third-order valence-corrected chi connectivity index (χ3v) is 5.17. The summed E-state index contributed by atoms with van der Waals surface area (Å²) in [6.07, 6.45) is 0.312. The molecular weight excluding hydrogens is 299 g/mol. The smallest absolute Gasteiger partial charge is 0.427 e. The molecule has 2 rings (SSSR count). The second-order valence-corrected chi connectivity index (χ2v) is 7.51. The fraction of sp³-hybridized carbons (Fsp3) is 0.250. The predicted molar refractivity (Wildman–Crippen MR) is 88.0 cm³/mol. The number of sulfone groups is 1. The molecule has 0 aliphatic rings. The molecule has 0 fully saturated rings. The highest BCUT2D eigenvalue weighted by molar-refractivity contribution is 7.90. The number of hydrogen-bond acceptors (Lipinski definition) is 4. The van der Waals surface area contributed by atoms with Gasteiger partial charge in [-0.05, 0) is 17.5 Å². The molecule has 0 spiro atoms. The molecule has 0 aliphatic heterocycles. The summed E-state index contributed by atoms with van der Waals surface area (Å²) in [5.41, 5.74) is 1.59. The Labute approximate surface area is 131 Å². The molecule has 0 amide bonds. The van der Waals surface area contributed by atoms with Crippen LogP contribution in [0.1, 0.15) is 11.1 Å². The number of benzene rings is 2. The van der Waals surface area contributed by atoms with E-state index in [9.17, 15) is 18.5 Å². The van der Waals surface area contributed by atoms with Crippen molar-refractivity contribution in [1.29, 1.82) is 0 Å². The van der Waals surface area contributed by atoms with Crippen molar-refractivity contribution in [3.63, 3.8) is 0 Å². The van der Waals surface area contributed by atoms with E-state index in [1.54, 1.807) is 24.3 Å². The third kappa shape index (κ3) is 5.29.